The molecule has 0 radical (unpaired) electrons. The van der Waals surface area contributed by atoms with Crippen molar-refractivity contribution in [3.05, 3.63) is 46.9 Å². The Bertz CT molecular complexity index is 1160. The fraction of sp³-hybridized carbons (Fsp3) is 0.381. The van der Waals surface area contributed by atoms with E-state index in [1.807, 2.05) is 19.1 Å². The highest BCUT2D eigenvalue weighted by molar-refractivity contribution is 6.30. The third-order valence-corrected chi connectivity index (χ3v) is 5.80. The average Bonchev–Trinajstić information content (AvgIpc) is 3.33. The Morgan fingerprint density at radius 1 is 1.32 bits per heavy atom. The lowest BCUT2D eigenvalue weighted by Crippen LogP contribution is -2.36. The summed E-state index contributed by atoms with van der Waals surface area (Å²) in [6.45, 7) is 4.41. The number of rotatable bonds is 4. The first-order valence-corrected chi connectivity index (χ1v) is 10.4. The second-order valence-electron chi connectivity index (χ2n) is 8.02. The van der Waals surface area contributed by atoms with Crippen LogP contribution in [0.25, 0.3) is 5.65 Å². The number of amides is 1. The number of nitrogens with zero attached hydrogens (tertiary/aromatic N) is 4. The number of carbonyl (C=O) groups excluding carboxylic acids is 1. The van der Waals surface area contributed by atoms with E-state index in [2.05, 4.69) is 20.3 Å². The Hall–Kier alpha value is -2.88. The Kier molecular flexibility index (Phi) is 4.96. The molecular weight excluding hydrogens is 422 g/mol. The van der Waals surface area contributed by atoms with E-state index in [1.165, 1.54) is 16.9 Å². The van der Waals surface area contributed by atoms with E-state index in [4.69, 9.17) is 21.1 Å². The number of aliphatic hydroxyl groups excluding tert-OH is 1. The van der Waals surface area contributed by atoms with Gasteiger partial charge in [0.25, 0.3) is 5.91 Å². The summed E-state index contributed by atoms with van der Waals surface area (Å²) in [6, 6.07) is 3.86. The molecule has 1 amide bonds. The lowest BCUT2D eigenvalue weighted by Gasteiger charge is -2.31. The zero-order chi connectivity index (χ0) is 21.6. The van der Waals surface area contributed by atoms with Crippen LogP contribution in [0.3, 0.4) is 0 Å². The molecule has 0 bridgehead atoms. The summed E-state index contributed by atoms with van der Waals surface area (Å²) in [6.07, 6.45) is 5.11. The smallest absolute Gasteiger partial charge is 0.261 e. The maximum atomic E-state index is 13.1. The molecule has 3 aromatic rings. The molecule has 9 nitrogen and oxygen atoms in total. The Morgan fingerprint density at radius 3 is 2.90 bits per heavy atom. The van der Waals surface area contributed by atoms with Crippen molar-refractivity contribution in [3.63, 3.8) is 0 Å². The third-order valence-electron chi connectivity index (χ3n) is 5.60. The summed E-state index contributed by atoms with van der Waals surface area (Å²) in [5, 5.41) is 17.4. The lowest BCUT2D eigenvalue weighted by molar-refractivity contribution is 0.0446. The number of halogens is 1. The van der Waals surface area contributed by atoms with Gasteiger partial charge in [-0.3, -0.25) is 4.79 Å². The van der Waals surface area contributed by atoms with Crippen molar-refractivity contribution in [2.24, 2.45) is 0 Å². The summed E-state index contributed by atoms with van der Waals surface area (Å²) in [5.74, 6) is 0.409. The van der Waals surface area contributed by atoms with E-state index in [0.717, 1.165) is 17.0 Å². The van der Waals surface area contributed by atoms with Crippen LogP contribution < -0.4 is 15.0 Å². The minimum atomic E-state index is -0.668. The van der Waals surface area contributed by atoms with Gasteiger partial charge in [0.1, 0.15) is 16.9 Å². The molecule has 4 heterocycles. The van der Waals surface area contributed by atoms with Gasteiger partial charge in [-0.15, -0.1) is 0 Å². The van der Waals surface area contributed by atoms with Crippen molar-refractivity contribution < 1.29 is 19.4 Å². The van der Waals surface area contributed by atoms with Gasteiger partial charge in [0.05, 0.1) is 48.6 Å². The number of aliphatic hydroxyl groups is 1. The standard InChI is InChI=1S/C21H22ClN5O4/c1-21(12-28)8-13-6-16(17(7-18(13)31-21)26-2-4-30-5-3-26)25-20(29)15-10-24-27-11-14(22)9-23-19(15)27/h6-7,9-11,28H,2-5,8,12H2,1H3,(H,25,29)/t21-/m0/s1. The zero-order valence-electron chi connectivity index (χ0n) is 17.0. The van der Waals surface area contributed by atoms with Crippen LogP contribution in [0.1, 0.15) is 22.8 Å². The summed E-state index contributed by atoms with van der Waals surface area (Å²) in [5.41, 5.74) is 2.57. The fourth-order valence-electron chi connectivity index (χ4n) is 4.01. The van der Waals surface area contributed by atoms with Crippen molar-refractivity contribution in [1.82, 2.24) is 14.6 Å². The predicted molar refractivity (Wildman–Crippen MR) is 115 cm³/mol. The Morgan fingerprint density at radius 2 is 2.13 bits per heavy atom. The first kappa shape index (κ1) is 20.0. The van der Waals surface area contributed by atoms with Gasteiger partial charge < -0.3 is 24.8 Å². The van der Waals surface area contributed by atoms with Crippen LogP contribution in [0.4, 0.5) is 11.4 Å². The minimum absolute atomic E-state index is 0.0904. The number of nitrogens with one attached hydrogen (secondary N) is 1. The van der Waals surface area contributed by atoms with E-state index in [0.29, 0.717) is 54.6 Å². The molecule has 162 valence electrons. The normalized spacial score (nSPS) is 20.5. The highest BCUT2D eigenvalue weighted by atomic mass is 35.5. The second kappa shape index (κ2) is 7.67. The molecule has 5 rings (SSSR count). The Labute approximate surface area is 183 Å². The van der Waals surface area contributed by atoms with Crippen molar-refractivity contribution >= 4 is 34.5 Å². The van der Waals surface area contributed by atoms with Crippen molar-refractivity contribution in [3.8, 4) is 5.75 Å². The molecule has 2 N–H and O–H groups in total. The summed E-state index contributed by atoms with van der Waals surface area (Å²) < 4.78 is 13.0. The maximum Gasteiger partial charge on any atom is 0.261 e. The predicted octanol–water partition coefficient (Wildman–Crippen LogP) is 2.16. The first-order chi connectivity index (χ1) is 15.0. The Balaban J connectivity index is 1.51. The summed E-state index contributed by atoms with van der Waals surface area (Å²) in [4.78, 5) is 19.5. The molecule has 10 heteroatoms. The molecule has 2 aromatic heterocycles. The topological polar surface area (TPSA) is 101 Å². The number of hydrogen-bond acceptors (Lipinski definition) is 7. The minimum Gasteiger partial charge on any atom is -0.484 e. The van der Waals surface area contributed by atoms with Crippen LogP contribution in [0, 0.1) is 0 Å². The number of carbonyl (C=O) groups is 1. The number of fused-ring (bicyclic) bond motifs is 2. The molecule has 2 aliphatic rings. The van der Waals surface area contributed by atoms with Gasteiger partial charge in [0, 0.05) is 37.3 Å². The number of ether oxygens (including phenoxy) is 2. The van der Waals surface area contributed by atoms with Crippen molar-refractivity contribution in [2.75, 3.05) is 43.1 Å². The van der Waals surface area contributed by atoms with Gasteiger partial charge in [-0.05, 0) is 13.0 Å². The first-order valence-electron chi connectivity index (χ1n) is 10.1. The van der Waals surface area contributed by atoms with E-state index in [1.54, 1.807) is 6.20 Å². The fourth-order valence-corrected chi connectivity index (χ4v) is 4.15. The largest absolute Gasteiger partial charge is 0.484 e. The van der Waals surface area contributed by atoms with Gasteiger partial charge >= 0.3 is 0 Å². The quantitative estimate of drug-likeness (QED) is 0.637. The SMILES string of the molecule is C[C@@]1(CO)Cc2cc(NC(=O)c3cnn4cc(Cl)cnc34)c(N3CCOCC3)cc2O1. The van der Waals surface area contributed by atoms with E-state index >= 15 is 0 Å². The molecule has 0 saturated carbocycles. The number of hydrogen-bond donors (Lipinski definition) is 2. The second-order valence-corrected chi connectivity index (χ2v) is 8.45. The third kappa shape index (κ3) is 3.69. The van der Waals surface area contributed by atoms with Gasteiger partial charge in [0.2, 0.25) is 0 Å². The van der Waals surface area contributed by atoms with E-state index in [-0.39, 0.29) is 12.5 Å². The number of morpholine rings is 1. The molecule has 1 atom stereocenters. The number of aromatic nitrogens is 3. The van der Waals surface area contributed by atoms with Crippen LogP contribution in [0.15, 0.2) is 30.7 Å². The average molecular weight is 444 g/mol. The molecule has 1 aromatic carbocycles. The zero-order valence-corrected chi connectivity index (χ0v) is 17.7. The van der Waals surface area contributed by atoms with Crippen LogP contribution >= 0.6 is 11.6 Å². The maximum absolute atomic E-state index is 13.1. The monoisotopic (exact) mass is 443 g/mol. The molecule has 1 fully saturated rings. The number of anilines is 2. The van der Waals surface area contributed by atoms with Crippen LogP contribution in [-0.4, -0.2) is 64.1 Å². The van der Waals surface area contributed by atoms with E-state index < -0.39 is 5.60 Å². The van der Waals surface area contributed by atoms with Gasteiger partial charge in [0.15, 0.2) is 5.65 Å². The molecule has 0 spiro atoms. The van der Waals surface area contributed by atoms with Gasteiger partial charge in [-0.1, -0.05) is 11.6 Å². The van der Waals surface area contributed by atoms with Crippen molar-refractivity contribution in [2.45, 2.75) is 18.9 Å². The van der Waals surface area contributed by atoms with E-state index in [9.17, 15) is 9.90 Å². The van der Waals surface area contributed by atoms with Crippen LogP contribution in [0.2, 0.25) is 5.02 Å². The highest BCUT2D eigenvalue weighted by Gasteiger charge is 2.35. The van der Waals surface area contributed by atoms with Crippen LogP contribution in [0.5, 0.6) is 5.75 Å². The molecule has 2 aliphatic heterocycles. The molecule has 0 unspecified atom stereocenters. The highest BCUT2D eigenvalue weighted by Crippen LogP contribution is 2.42. The van der Waals surface area contributed by atoms with Crippen LogP contribution in [-0.2, 0) is 11.2 Å². The summed E-state index contributed by atoms with van der Waals surface area (Å²) >= 11 is 5.96. The molecule has 31 heavy (non-hydrogen) atoms. The lowest BCUT2D eigenvalue weighted by atomic mass is 9.99. The molecular formula is C21H22ClN5O4. The number of benzene rings is 1. The van der Waals surface area contributed by atoms with Gasteiger partial charge in [-0.2, -0.15) is 5.10 Å². The molecule has 0 aliphatic carbocycles. The summed E-state index contributed by atoms with van der Waals surface area (Å²) in [7, 11) is 0. The van der Waals surface area contributed by atoms with Gasteiger partial charge in [-0.25, -0.2) is 9.50 Å². The van der Waals surface area contributed by atoms with Crippen molar-refractivity contribution in [1.29, 1.82) is 0 Å². The molecule has 1 saturated heterocycles.